The quantitative estimate of drug-likeness (QED) is 0.688. The number of nitrogens with zero attached hydrogens (tertiary/aromatic N) is 2. The number of aryl methyl sites for hydroxylation is 1. The molecule has 0 bridgehead atoms. The second kappa shape index (κ2) is 4.79. The summed E-state index contributed by atoms with van der Waals surface area (Å²) in [4.78, 5) is 11.5. The number of carbonyl (C=O) groups is 1. The van der Waals surface area contributed by atoms with Crippen LogP contribution in [-0.4, -0.2) is 22.4 Å². The fourth-order valence-corrected chi connectivity index (χ4v) is 1.31. The van der Waals surface area contributed by atoms with E-state index >= 15 is 0 Å². The van der Waals surface area contributed by atoms with Gasteiger partial charge in [-0.15, -0.1) is 0 Å². The summed E-state index contributed by atoms with van der Waals surface area (Å²) in [6.45, 7) is 6.06. The first kappa shape index (κ1) is 10.8. The van der Waals surface area contributed by atoms with Crippen LogP contribution in [-0.2, 0) is 9.53 Å². The predicted molar refractivity (Wildman–Crippen MR) is 52.9 cm³/mol. The number of esters is 1. The van der Waals surface area contributed by atoms with Gasteiger partial charge in [-0.25, -0.2) is 4.79 Å². The Kier molecular flexibility index (Phi) is 3.68. The van der Waals surface area contributed by atoms with Crippen LogP contribution in [0.4, 0.5) is 0 Å². The Labute approximate surface area is 83.9 Å². The largest absolute Gasteiger partial charge is 0.464 e. The molecule has 0 radical (unpaired) electrons. The zero-order valence-corrected chi connectivity index (χ0v) is 8.86. The molecule has 4 heteroatoms. The molecule has 0 saturated heterocycles. The van der Waals surface area contributed by atoms with Gasteiger partial charge in [0.25, 0.3) is 0 Å². The van der Waals surface area contributed by atoms with Gasteiger partial charge in [0.1, 0.15) is 6.04 Å². The van der Waals surface area contributed by atoms with Crippen molar-refractivity contribution in [2.75, 3.05) is 6.61 Å². The number of hydrogen-bond acceptors (Lipinski definition) is 3. The highest BCUT2D eigenvalue weighted by molar-refractivity contribution is 5.73. The van der Waals surface area contributed by atoms with Crippen LogP contribution in [0, 0.1) is 6.92 Å². The molecule has 0 N–H and O–H groups in total. The summed E-state index contributed by atoms with van der Waals surface area (Å²) in [6, 6.07) is 1.59. The molecular weight excluding hydrogens is 180 g/mol. The monoisotopic (exact) mass is 196 g/mol. The van der Waals surface area contributed by atoms with Gasteiger partial charge in [-0.3, -0.25) is 4.68 Å². The number of rotatable bonds is 4. The molecule has 4 nitrogen and oxygen atoms in total. The lowest BCUT2D eigenvalue weighted by atomic mass is 10.2. The van der Waals surface area contributed by atoms with E-state index in [1.807, 2.05) is 19.9 Å². The maximum atomic E-state index is 11.5. The van der Waals surface area contributed by atoms with Crippen molar-refractivity contribution in [3.63, 3.8) is 0 Å². The smallest absolute Gasteiger partial charge is 0.330 e. The first-order valence-electron chi connectivity index (χ1n) is 4.87. The Balaban J connectivity index is 2.76. The third kappa shape index (κ3) is 2.34. The molecule has 14 heavy (non-hydrogen) atoms. The molecule has 1 rings (SSSR count). The molecule has 0 unspecified atom stereocenters. The summed E-state index contributed by atoms with van der Waals surface area (Å²) in [5.74, 6) is -0.210. The third-order valence-corrected chi connectivity index (χ3v) is 2.01. The second-order valence-corrected chi connectivity index (χ2v) is 3.11. The average Bonchev–Trinajstić information content (AvgIpc) is 2.54. The number of carbonyl (C=O) groups excluding carboxylic acids is 1. The van der Waals surface area contributed by atoms with Gasteiger partial charge in [0.2, 0.25) is 0 Å². The van der Waals surface area contributed by atoms with Crippen LogP contribution in [0.5, 0.6) is 0 Å². The van der Waals surface area contributed by atoms with E-state index in [0.29, 0.717) is 13.0 Å². The summed E-state index contributed by atoms with van der Waals surface area (Å²) in [5.41, 5.74) is 0.910. The molecule has 0 saturated carbocycles. The lowest BCUT2D eigenvalue weighted by molar-refractivity contribution is -0.147. The first-order valence-corrected chi connectivity index (χ1v) is 4.87. The predicted octanol–water partition coefficient (Wildman–Crippen LogP) is 1.71. The fourth-order valence-electron chi connectivity index (χ4n) is 1.31. The van der Waals surface area contributed by atoms with Crippen molar-refractivity contribution < 1.29 is 9.53 Å². The van der Waals surface area contributed by atoms with E-state index in [1.165, 1.54) is 0 Å². The third-order valence-electron chi connectivity index (χ3n) is 2.01. The Bertz CT molecular complexity index is 307. The zero-order valence-electron chi connectivity index (χ0n) is 8.86. The van der Waals surface area contributed by atoms with Gasteiger partial charge < -0.3 is 4.74 Å². The highest BCUT2D eigenvalue weighted by Gasteiger charge is 2.19. The Hall–Kier alpha value is -1.32. The van der Waals surface area contributed by atoms with Gasteiger partial charge in [-0.2, -0.15) is 5.10 Å². The Morgan fingerprint density at radius 3 is 2.79 bits per heavy atom. The topological polar surface area (TPSA) is 44.1 Å². The normalized spacial score (nSPS) is 12.5. The molecule has 0 spiro atoms. The van der Waals surface area contributed by atoms with E-state index in [0.717, 1.165) is 5.69 Å². The summed E-state index contributed by atoms with van der Waals surface area (Å²) in [5, 5.41) is 4.20. The lowest BCUT2D eigenvalue weighted by Gasteiger charge is -2.13. The van der Waals surface area contributed by atoms with Gasteiger partial charge >= 0.3 is 5.97 Å². The molecule has 0 fully saturated rings. The van der Waals surface area contributed by atoms with Crippen molar-refractivity contribution in [3.8, 4) is 0 Å². The maximum Gasteiger partial charge on any atom is 0.330 e. The molecule has 1 atom stereocenters. The highest BCUT2D eigenvalue weighted by atomic mass is 16.5. The van der Waals surface area contributed by atoms with Crippen LogP contribution in [0.3, 0.4) is 0 Å². The van der Waals surface area contributed by atoms with Gasteiger partial charge in [-0.1, -0.05) is 6.92 Å². The SMILES string of the molecule is CCOC(=O)[C@H](CC)n1ccc(C)n1. The Morgan fingerprint density at radius 1 is 1.64 bits per heavy atom. The minimum Gasteiger partial charge on any atom is -0.464 e. The van der Waals surface area contributed by atoms with Gasteiger partial charge in [0.05, 0.1) is 12.3 Å². The number of hydrogen-bond donors (Lipinski definition) is 0. The van der Waals surface area contributed by atoms with Crippen molar-refractivity contribution in [1.29, 1.82) is 0 Å². The van der Waals surface area contributed by atoms with Gasteiger partial charge in [0.15, 0.2) is 0 Å². The molecule has 0 aliphatic heterocycles. The molecule has 1 aromatic heterocycles. The summed E-state index contributed by atoms with van der Waals surface area (Å²) in [6.07, 6.45) is 2.50. The summed E-state index contributed by atoms with van der Waals surface area (Å²) in [7, 11) is 0. The summed E-state index contributed by atoms with van der Waals surface area (Å²) < 4.78 is 6.62. The standard InChI is InChI=1S/C10H16N2O2/c1-4-9(10(13)14-5-2)12-7-6-8(3)11-12/h6-7,9H,4-5H2,1-3H3/t9-/m0/s1. The van der Waals surface area contributed by atoms with Crippen molar-refractivity contribution in [3.05, 3.63) is 18.0 Å². The number of aromatic nitrogens is 2. The minimum atomic E-state index is -0.288. The first-order chi connectivity index (χ1) is 6.69. The van der Waals surface area contributed by atoms with Crippen LogP contribution in [0.2, 0.25) is 0 Å². The van der Waals surface area contributed by atoms with Crippen molar-refractivity contribution in [2.45, 2.75) is 33.2 Å². The van der Waals surface area contributed by atoms with Crippen molar-refractivity contribution in [1.82, 2.24) is 9.78 Å². The average molecular weight is 196 g/mol. The van der Waals surface area contributed by atoms with E-state index in [9.17, 15) is 4.79 Å². The molecule has 0 amide bonds. The van der Waals surface area contributed by atoms with Crippen LogP contribution >= 0.6 is 0 Å². The minimum absolute atomic E-state index is 0.210. The van der Waals surface area contributed by atoms with Crippen LogP contribution in [0.25, 0.3) is 0 Å². The summed E-state index contributed by atoms with van der Waals surface area (Å²) >= 11 is 0. The lowest BCUT2D eigenvalue weighted by Crippen LogP contribution is -2.21. The van der Waals surface area contributed by atoms with Crippen molar-refractivity contribution in [2.24, 2.45) is 0 Å². The number of ether oxygens (including phenoxy) is 1. The van der Waals surface area contributed by atoms with Crippen LogP contribution in [0.1, 0.15) is 32.0 Å². The molecule has 0 aromatic carbocycles. The maximum absolute atomic E-state index is 11.5. The van der Waals surface area contributed by atoms with Gasteiger partial charge in [0, 0.05) is 6.20 Å². The van der Waals surface area contributed by atoms with Crippen LogP contribution < -0.4 is 0 Å². The van der Waals surface area contributed by atoms with E-state index in [1.54, 1.807) is 17.8 Å². The second-order valence-electron chi connectivity index (χ2n) is 3.11. The molecular formula is C10H16N2O2. The van der Waals surface area contributed by atoms with E-state index in [4.69, 9.17) is 4.74 Å². The van der Waals surface area contributed by atoms with Gasteiger partial charge in [-0.05, 0) is 26.3 Å². The van der Waals surface area contributed by atoms with E-state index < -0.39 is 0 Å². The van der Waals surface area contributed by atoms with E-state index in [-0.39, 0.29) is 12.0 Å². The highest BCUT2D eigenvalue weighted by Crippen LogP contribution is 2.12. The molecule has 0 aliphatic carbocycles. The molecule has 0 aliphatic rings. The van der Waals surface area contributed by atoms with Crippen molar-refractivity contribution >= 4 is 5.97 Å². The van der Waals surface area contributed by atoms with Crippen LogP contribution in [0.15, 0.2) is 12.3 Å². The molecule has 1 heterocycles. The molecule has 78 valence electrons. The zero-order chi connectivity index (χ0) is 10.6. The Morgan fingerprint density at radius 2 is 2.36 bits per heavy atom. The fraction of sp³-hybridized carbons (Fsp3) is 0.600. The molecule has 1 aromatic rings. The van der Waals surface area contributed by atoms with E-state index in [2.05, 4.69) is 5.10 Å².